The van der Waals surface area contributed by atoms with Crippen molar-refractivity contribution in [3.63, 3.8) is 0 Å². The standard InChI is InChI=1S/C15H20BrNOS/c16-10-15(7-1-2-8-15)17-14(18)12-4-3-5-13-11(12)6-9-19-13/h6,9,12H,1-5,7-8,10H2,(H,17,18). The third-order valence-corrected chi connectivity index (χ3v) is 6.64. The molecule has 1 N–H and O–H groups in total. The van der Waals surface area contributed by atoms with Crippen molar-refractivity contribution in [2.45, 2.75) is 56.4 Å². The molecule has 1 saturated carbocycles. The molecule has 104 valence electrons. The van der Waals surface area contributed by atoms with Crippen LogP contribution in [-0.2, 0) is 11.2 Å². The summed E-state index contributed by atoms with van der Waals surface area (Å²) in [5.74, 6) is 0.340. The van der Waals surface area contributed by atoms with E-state index in [1.165, 1.54) is 23.3 Å². The minimum Gasteiger partial charge on any atom is -0.349 e. The van der Waals surface area contributed by atoms with Crippen LogP contribution in [0.5, 0.6) is 0 Å². The van der Waals surface area contributed by atoms with E-state index in [1.807, 2.05) is 0 Å². The van der Waals surface area contributed by atoms with E-state index in [9.17, 15) is 4.79 Å². The summed E-state index contributed by atoms with van der Waals surface area (Å²) in [6.07, 6.45) is 8.02. The lowest BCUT2D eigenvalue weighted by molar-refractivity contribution is -0.124. The molecular formula is C15H20BrNOS. The summed E-state index contributed by atoms with van der Waals surface area (Å²) in [5.41, 5.74) is 1.31. The maximum atomic E-state index is 12.7. The van der Waals surface area contributed by atoms with E-state index in [0.29, 0.717) is 0 Å². The van der Waals surface area contributed by atoms with Gasteiger partial charge in [0, 0.05) is 15.7 Å². The minimum atomic E-state index is 0.0186. The molecule has 0 saturated heterocycles. The average molecular weight is 342 g/mol. The van der Waals surface area contributed by atoms with Crippen LogP contribution in [0.1, 0.15) is 54.9 Å². The highest BCUT2D eigenvalue weighted by Gasteiger charge is 2.37. The number of fused-ring (bicyclic) bond motifs is 1. The Morgan fingerprint density at radius 3 is 2.95 bits per heavy atom. The molecule has 1 fully saturated rings. The molecule has 1 amide bonds. The van der Waals surface area contributed by atoms with E-state index in [2.05, 4.69) is 32.7 Å². The van der Waals surface area contributed by atoms with Crippen LogP contribution in [0.25, 0.3) is 0 Å². The van der Waals surface area contributed by atoms with Crippen LogP contribution < -0.4 is 5.32 Å². The molecule has 1 unspecified atom stereocenters. The highest BCUT2D eigenvalue weighted by molar-refractivity contribution is 9.09. The van der Waals surface area contributed by atoms with Gasteiger partial charge in [0.15, 0.2) is 0 Å². The van der Waals surface area contributed by atoms with Crippen molar-refractivity contribution >= 4 is 33.2 Å². The number of rotatable bonds is 3. The number of nitrogens with one attached hydrogen (secondary N) is 1. The number of halogens is 1. The van der Waals surface area contributed by atoms with E-state index < -0.39 is 0 Å². The van der Waals surface area contributed by atoms with Crippen molar-refractivity contribution in [1.82, 2.24) is 5.32 Å². The van der Waals surface area contributed by atoms with Gasteiger partial charge in [0.25, 0.3) is 0 Å². The van der Waals surface area contributed by atoms with Crippen molar-refractivity contribution in [1.29, 1.82) is 0 Å². The molecule has 2 aliphatic carbocycles. The molecule has 0 radical (unpaired) electrons. The zero-order valence-corrected chi connectivity index (χ0v) is 13.5. The molecule has 1 aromatic heterocycles. The van der Waals surface area contributed by atoms with Crippen LogP contribution in [0.3, 0.4) is 0 Å². The number of amides is 1. The highest BCUT2D eigenvalue weighted by atomic mass is 79.9. The van der Waals surface area contributed by atoms with Crippen LogP contribution in [0.4, 0.5) is 0 Å². The number of alkyl halides is 1. The number of carbonyl (C=O) groups excluding carboxylic acids is 1. The Morgan fingerprint density at radius 2 is 2.21 bits per heavy atom. The highest BCUT2D eigenvalue weighted by Crippen LogP contribution is 2.37. The SMILES string of the molecule is O=C(NC1(CBr)CCCC1)C1CCCc2sccc21. The molecule has 19 heavy (non-hydrogen) atoms. The van der Waals surface area contributed by atoms with Crippen molar-refractivity contribution in [3.8, 4) is 0 Å². The molecule has 1 aromatic rings. The third kappa shape index (κ3) is 2.62. The predicted octanol–water partition coefficient (Wildman–Crippen LogP) is 3.99. The van der Waals surface area contributed by atoms with Crippen molar-refractivity contribution in [3.05, 3.63) is 21.9 Å². The van der Waals surface area contributed by atoms with E-state index in [1.54, 1.807) is 11.3 Å². The molecule has 2 nitrogen and oxygen atoms in total. The second kappa shape index (κ2) is 5.57. The van der Waals surface area contributed by atoms with Gasteiger partial charge < -0.3 is 5.32 Å². The summed E-state index contributed by atoms with van der Waals surface area (Å²) in [6.45, 7) is 0. The van der Waals surface area contributed by atoms with Crippen molar-refractivity contribution < 1.29 is 4.79 Å². The first-order valence-corrected chi connectivity index (χ1v) is 9.18. The topological polar surface area (TPSA) is 29.1 Å². The number of hydrogen-bond acceptors (Lipinski definition) is 2. The molecule has 0 aliphatic heterocycles. The first-order valence-electron chi connectivity index (χ1n) is 7.18. The smallest absolute Gasteiger partial charge is 0.228 e. The zero-order valence-electron chi connectivity index (χ0n) is 11.1. The number of aryl methyl sites for hydroxylation is 1. The summed E-state index contributed by atoms with van der Waals surface area (Å²) in [5, 5.41) is 6.38. The molecule has 1 heterocycles. The Morgan fingerprint density at radius 1 is 1.42 bits per heavy atom. The van der Waals surface area contributed by atoms with Crippen molar-refractivity contribution in [2.75, 3.05) is 5.33 Å². The van der Waals surface area contributed by atoms with Gasteiger partial charge in [0.05, 0.1) is 5.92 Å². The second-order valence-electron chi connectivity index (χ2n) is 5.85. The van der Waals surface area contributed by atoms with Crippen molar-refractivity contribution in [2.24, 2.45) is 0 Å². The van der Waals surface area contributed by atoms with Gasteiger partial charge in [-0.1, -0.05) is 28.8 Å². The quantitative estimate of drug-likeness (QED) is 0.827. The maximum absolute atomic E-state index is 12.7. The monoisotopic (exact) mass is 341 g/mol. The maximum Gasteiger partial charge on any atom is 0.228 e. The van der Waals surface area contributed by atoms with E-state index >= 15 is 0 Å². The zero-order chi connectivity index (χ0) is 13.3. The van der Waals surface area contributed by atoms with Crippen LogP contribution in [0.15, 0.2) is 11.4 Å². The molecule has 0 spiro atoms. The Hall–Kier alpha value is -0.350. The normalized spacial score (nSPS) is 25.0. The fraction of sp³-hybridized carbons (Fsp3) is 0.667. The minimum absolute atomic E-state index is 0.0186. The number of hydrogen-bond donors (Lipinski definition) is 1. The van der Waals surface area contributed by atoms with Gasteiger partial charge in [0.1, 0.15) is 0 Å². The lowest BCUT2D eigenvalue weighted by Gasteiger charge is -2.31. The van der Waals surface area contributed by atoms with Crippen LogP contribution in [-0.4, -0.2) is 16.8 Å². The first-order chi connectivity index (χ1) is 9.24. The fourth-order valence-electron chi connectivity index (χ4n) is 3.45. The molecule has 4 heteroatoms. The Balaban J connectivity index is 1.75. The van der Waals surface area contributed by atoms with Crippen LogP contribution >= 0.6 is 27.3 Å². The molecule has 0 aromatic carbocycles. The molecule has 1 atom stereocenters. The van der Waals surface area contributed by atoms with E-state index in [0.717, 1.165) is 37.4 Å². The molecule has 3 rings (SSSR count). The van der Waals surface area contributed by atoms with Gasteiger partial charge >= 0.3 is 0 Å². The average Bonchev–Trinajstić information content (AvgIpc) is 3.06. The summed E-state index contributed by atoms with van der Waals surface area (Å²) in [6, 6.07) is 2.15. The van der Waals surface area contributed by atoms with Gasteiger partial charge in [-0.15, -0.1) is 11.3 Å². The summed E-state index contributed by atoms with van der Waals surface area (Å²) < 4.78 is 0. The summed E-state index contributed by atoms with van der Waals surface area (Å²) in [7, 11) is 0. The summed E-state index contributed by atoms with van der Waals surface area (Å²) in [4.78, 5) is 14.1. The Labute approximate surface area is 127 Å². The van der Waals surface area contributed by atoms with Gasteiger partial charge in [-0.05, 0) is 49.1 Å². The Bertz CT molecular complexity index is 464. The van der Waals surface area contributed by atoms with E-state index in [-0.39, 0.29) is 17.4 Å². The third-order valence-electron chi connectivity index (χ3n) is 4.57. The molecule has 2 aliphatic rings. The molecule has 0 bridgehead atoms. The lowest BCUT2D eigenvalue weighted by atomic mass is 9.86. The van der Waals surface area contributed by atoms with Crippen LogP contribution in [0.2, 0.25) is 0 Å². The van der Waals surface area contributed by atoms with Crippen LogP contribution in [0, 0.1) is 0 Å². The Kier molecular flexibility index (Phi) is 3.99. The number of carbonyl (C=O) groups is 1. The fourth-order valence-corrected chi connectivity index (χ4v) is 5.14. The second-order valence-corrected chi connectivity index (χ2v) is 7.42. The van der Waals surface area contributed by atoms with Gasteiger partial charge in [-0.25, -0.2) is 0 Å². The number of thiophene rings is 1. The first kappa shape index (κ1) is 13.6. The predicted molar refractivity (Wildman–Crippen MR) is 83.1 cm³/mol. The lowest BCUT2D eigenvalue weighted by Crippen LogP contribution is -2.49. The largest absolute Gasteiger partial charge is 0.349 e. The molecular weight excluding hydrogens is 322 g/mol. The summed E-state index contributed by atoms with van der Waals surface area (Å²) >= 11 is 5.40. The van der Waals surface area contributed by atoms with E-state index in [4.69, 9.17) is 0 Å². The van der Waals surface area contributed by atoms with Gasteiger partial charge in [0.2, 0.25) is 5.91 Å². The van der Waals surface area contributed by atoms with Gasteiger partial charge in [-0.2, -0.15) is 0 Å². The van der Waals surface area contributed by atoms with Gasteiger partial charge in [-0.3, -0.25) is 4.79 Å².